The van der Waals surface area contributed by atoms with E-state index in [9.17, 15) is 8.78 Å². The number of rotatable bonds is 6. The molecular formula is C17H23F2IN4. The predicted molar refractivity (Wildman–Crippen MR) is 104 cm³/mol. The third kappa shape index (κ3) is 6.10. The first-order valence-electron chi connectivity index (χ1n) is 7.60. The van der Waals surface area contributed by atoms with E-state index in [1.165, 1.54) is 6.07 Å². The van der Waals surface area contributed by atoms with Crippen LogP contribution in [0.3, 0.4) is 0 Å². The van der Waals surface area contributed by atoms with E-state index in [0.717, 1.165) is 24.7 Å². The van der Waals surface area contributed by atoms with Crippen LogP contribution in [-0.2, 0) is 6.54 Å². The molecule has 0 fully saturated rings. The summed E-state index contributed by atoms with van der Waals surface area (Å²) in [4.78, 5) is 4.16. The van der Waals surface area contributed by atoms with Crippen LogP contribution in [0.5, 0.6) is 0 Å². The number of aromatic nitrogens is 1. The van der Waals surface area contributed by atoms with Gasteiger partial charge in [-0.3, -0.25) is 4.99 Å². The highest BCUT2D eigenvalue weighted by Gasteiger charge is 2.10. The van der Waals surface area contributed by atoms with Crippen molar-refractivity contribution in [2.24, 2.45) is 4.99 Å². The molecule has 1 unspecified atom stereocenters. The molecule has 2 N–H and O–H groups in total. The first kappa shape index (κ1) is 20.4. The van der Waals surface area contributed by atoms with Crippen molar-refractivity contribution in [1.29, 1.82) is 0 Å². The first-order valence-corrected chi connectivity index (χ1v) is 7.60. The van der Waals surface area contributed by atoms with Gasteiger partial charge >= 0.3 is 0 Å². The van der Waals surface area contributed by atoms with Crippen molar-refractivity contribution < 1.29 is 8.78 Å². The highest BCUT2D eigenvalue weighted by Crippen LogP contribution is 2.17. The highest BCUT2D eigenvalue weighted by molar-refractivity contribution is 14.0. The van der Waals surface area contributed by atoms with Crippen molar-refractivity contribution in [3.8, 4) is 0 Å². The van der Waals surface area contributed by atoms with Crippen LogP contribution in [0, 0.1) is 11.6 Å². The maximum absolute atomic E-state index is 13.3. The number of hydrogen-bond acceptors (Lipinski definition) is 1. The van der Waals surface area contributed by atoms with E-state index in [4.69, 9.17) is 0 Å². The molecule has 0 aliphatic rings. The summed E-state index contributed by atoms with van der Waals surface area (Å²) in [6.07, 6.45) is 4.01. The van der Waals surface area contributed by atoms with Crippen LogP contribution in [0.2, 0.25) is 0 Å². The minimum atomic E-state index is -0.823. The molecule has 0 saturated heterocycles. The second-order valence-electron chi connectivity index (χ2n) is 5.38. The van der Waals surface area contributed by atoms with E-state index in [1.807, 2.05) is 31.5 Å². The number of benzene rings is 1. The second kappa shape index (κ2) is 10.3. The van der Waals surface area contributed by atoms with Gasteiger partial charge in [-0.2, -0.15) is 0 Å². The average Bonchev–Trinajstić information content (AvgIpc) is 3.06. The van der Waals surface area contributed by atoms with Crippen molar-refractivity contribution in [2.45, 2.75) is 19.4 Å². The monoisotopic (exact) mass is 448 g/mol. The van der Waals surface area contributed by atoms with Crippen LogP contribution in [-0.4, -0.2) is 30.7 Å². The third-order valence-electron chi connectivity index (χ3n) is 3.64. The Hall–Kier alpha value is -1.64. The Morgan fingerprint density at radius 2 is 1.88 bits per heavy atom. The van der Waals surface area contributed by atoms with Crippen molar-refractivity contribution in [3.63, 3.8) is 0 Å². The second-order valence-corrected chi connectivity index (χ2v) is 5.38. The van der Waals surface area contributed by atoms with Crippen molar-refractivity contribution in [2.75, 3.05) is 20.1 Å². The fraction of sp³-hybridized carbons (Fsp3) is 0.353. The zero-order valence-corrected chi connectivity index (χ0v) is 16.1. The van der Waals surface area contributed by atoms with Crippen molar-refractivity contribution in [3.05, 3.63) is 59.9 Å². The van der Waals surface area contributed by atoms with Crippen LogP contribution in [0.4, 0.5) is 8.78 Å². The molecule has 0 bridgehead atoms. The van der Waals surface area contributed by atoms with Crippen LogP contribution >= 0.6 is 24.0 Å². The van der Waals surface area contributed by atoms with Crippen LogP contribution in [0.25, 0.3) is 0 Å². The maximum atomic E-state index is 13.3. The molecule has 0 amide bonds. The van der Waals surface area contributed by atoms with Gasteiger partial charge in [-0.05, 0) is 35.7 Å². The minimum Gasteiger partial charge on any atom is -0.356 e. The number of aliphatic imine (C=N–C) groups is 1. The van der Waals surface area contributed by atoms with Gasteiger partial charge in [-0.25, -0.2) is 8.78 Å². The van der Waals surface area contributed by atoms with Gasteiger partial charge in [0.2, 0.25) is 0 Å². The normalized spacial score (nSPS) is 12.4. The van der Waals surface area contributed by atoms with E-state index >= 15 is 0 Å². The number of nitrogens with one attached hydrogen (secondary N) is 2. The standard InChI is InChI=1S/C17H22F2N4.HI/c1-13(14-5-6-15(18)16(19)11-14)12-22-17(20-2)21-7-10-23-8-3-4-9-23;/h3-6,8-9,11,13H,7,10,12H2,1-2H3,(H2,20,21,22);1H. The molecule has 2 aromatic rings. The predicted octanol–water partition coefficient (Wildman–Crippen LogP) is 3.35. The summed E-state index contributed by atoms with van der Waals surface area (Å²) in [5, 5.41) is 6.41. The quantitative estimate of drug-likeness (QED) is 0.405. The molecule has 0 aliphatic carbocycles. The van der Waals surface area contributed by atoms with Crippen LogP contribution in [0.1, 0.15) is 18.4 Å². The van der Waals surface area contributed by atoms with Gasteiger partial charge < -0.3 is 15.2 Å². The number of hydrogen-bond donors (Lipinski definition) is 2. The molecule has 0 radical (unpaired) electrons. The lowest BCUT2D eigenvalue weighted by molar-refractivity contribution is 0.505. The topological polar surface area (TPSA) is 41.4 Å². The van der Waals surface area contributed by atoms with E-state index in [2.05, 4.69) is 20.2 Å². The van der Waals surface area contributed by atoms with E-state index in [0.29, 0.717) is 12.5 Å². The van der Waals surface area contributed by atoms with E-state index < -0.39 is 11.6 Å². The van der Waals surface area contributed by atoms with Gasteiger partial charge in [0.1, 0.15) is 0 Å². The lowest BCUT2D eigenvalue weighted by atomic mass is 10.0. The molecule has 1 aromatic heterocycles. The Bertz CT molecular complexity index is 644. The molecule has 0 aliphatic heterocycles. The summed E-state index contributed by atoms with van der Waals surface area (Å²) >= 11 is 0. The molecule has 2 rings (SSSR count). The molecule has 4 nitrogen and oxygen atoms in total. The molecule has 0 spiro atoms. The van der Waals surface area contributed by atoms with Gasteiger partial charge in [0.25, 0.3) is 0 Å². The lowest BCUT2D eigenvalue weighted by Gasteiger charge is -2.16. The molecule has 7 heteroatoms. The van der Waals surface area contributed by atoms with Crippen LogP contribution in [0.15, 0.2) is 47.7 Å². The summed E-state index contributed by atoms with van der Waals surface area (Å²) in [6, 6.07) is 7.97. The van der Waals surface area contributed by atoms with Gasteiger partial charge in [0.15, 0.2) is 17.6 Å². The summed E-state index contributed by atoms with van der Waals surface area (Å²) in [7, 11) is 1.70. The largest absolute Gasteiger partial charge is 0.356 e. The minimum absolute atomic E-state index is 0. The Labute approximate surface area is 158 Å². The summed E-state index contributed by atoms with van der Waals surface area (Å²) in [5.74, 6) is -0.917. The summed E-state index contributed by atoms with van der Waals surface area (Å²) in [6.45, 7) is 4.11. The third-order valence-corrected chi connectivity index (χ3v) is 3.64. The zero-order valence-electron chi connectivity index (χ0n) is 13.8. The number of nitrogens with zero attached hydrogens (tertiary/aromatic N) is 2. The molecule has 1 atom stereocenters. The van der Waals surface area contributed by atoms with Gasteiger partial charge in [0.05, 0.1) is 0 Å². The highest BCUT2D eigenvalue weighted by atomic mass is 127. The molecule has 132 valence electrons. The van der Waals surface area contributed by atoms with Crippen LogP contribution < -0.4 is 10.6 Å². The average molecular weight is 448 g/mol. The number of guanidine groups is 1. The SMILES string of the molecule is CN=C(NCCn1cccc1)NCC(C)c1ccc(F)c(F)c1.I. The number of halogens is 3. The van der Waals surface area contributed by atoms with Crippen molar-refractivity contribution >= 4 is 29.9 Å². The molecular weight excluding hydrogens is 425 g/mol. The lowest BCUT2D eigenvalue weighted by Crippen LogP contribution is -2.40. The fourth-order valence-corrected chi connectivity index (χ4v) is 2.23. The molecule has 1 heterocycles. The smallest absolute Gasteiger partial charge is 0.191 e. The maximum Gasteiger partial charge on any atom is 0.191 e. The Kier molecular flexibility index (Phi) is 8.73. The molecule has 0 saturated carbocycles. The fourth-order valence-electron chi connectivity index (χ4n) is 2.23. The molecule has 1 aromatic carbocycles. The first-order chi connectivity index (χ1) is 11.1. The van der Waals surface area contributed by atoms with E-state index in [1.54, 1.807) is 13.1 Å². The summed E-state index contributed by atoms with van der Waals surface area (Å²) in [5.41, 5.74) is 0.749. The summed E-state index contributed by atoms with van der Waals surface area (Å²) < 4.78 is 28.3. The van der Waals surface area contributed by atoms with Gasteiger partial charge in [-0.1, -0.05) is 13.0 Å². The van der Waals surface area contributed by atoms with E-state index in [-0.39, 0.29) is 29.9 Å². The van der Waals surface area contributed by atoms with Crippen molar-refractivity contribution in [1.82, 2.24) is 15.2 Å². The Morgan fingerprint density at radius 1 is 1.17 bits per heavy atom. The Morgan fingerprint density at radius 3 is 2.50 bits per heavy atom. The molecule has 24 heavy (non-hydrogen) atoms. The zero-order chi connectivity index (χ0) is 16.7. The Balaban J connectivity index is 0.00000288. The van der Waals surface area contributed by atoms with Gasteiger partial charge in [0, 0.05) is 39.1 Å². The van der Waals surface area contributed by atoms with Gasteiger partial charge in [-0.15, -0.1) is 24.0 Å².